The van der Waals surface area contributed by atoms with Crippen LogP contribution in [-0.4, -0.2) is 52.9 Å². The fraction of sp³-hybridized carbons (Fsp3) is 0.316. The average Bonchev–Trinajstić information content (AvgIpc) is 3.33. The molecule has 0 N–H and O–H groups in total. The van der Waals surface area contributed by atoms with Crippen LogP contribution in [0.5, 0.6) is 0 Å². The minimum absolute atomic E-state index is 0.0241. The van der Waals surface area contributed by atoms with Crippen molar-refractivity contribution in [3.8, 4) is 0 Å². The second-order valence-electron chi connectivity index (χ2n) is 6.98. The predicted octanol–water partition coefficient (Wildman–Crippen LogP) is 2.10. The predicted molar refractivity (Wildman–Crippen MR) is 98.6 cm³/mol. The van der Waals surface area contributed by atoms with Crippen LogP contribution in [0, 0.1) is 6.92 Å². The summed E-state index contributed by atoms with van der Waals surface area (Å²) >= 11 is 0. The van der Waals surface area contributed by atoms with E-state index in [1.54, 1.807) is 10.7 Å². The second-order valence-corrected chi connectivity index (χ2v) is 6.98. The number of hydrogen-bond acceptors (Lipinski definition) is 5. The Hall–Kier alpha value is -3.29. The van der Waals surface area contributed by atoms with Gasteiger partial charge in [-0.1, -0.05) is 6.07 Å². The smallest absolute Gasteiger partial charge is 0.274 e. The first kappa shape index (κ1) is 15.9. The molecule has 4 aromatic heterocycles. The minimum Gasteiger partial charge on any atom is -0.337 e. The number of aromatic nitrogens is 6. The maximum atomic E-state index is 13.0. The van der Waals surface area contributed by atoms with Crippen LogP contribution in [0.25, 0.3) is 11.4 Å². The van der Waals surface area contributed by atoms with Gasteiger partial charge in [0.2, 0.25) is 0 Å². The van der Waals surface area contributed by atoms with Crippen molar-refractivity contribution in [1.29, 1.82) is 0 Å². The number of aryl methyl sites for hydroxylation is 1. The molecule has 1 fully saturated rings. The van der Waals surface area contributed by atoms with Crippen LogP contribution in [-0.2, 0) is 0 Å². The van der Waals surface area contributed by atoms with Crippen molar-refractivity contribution in [2.24, 2.45) is 0 Å². The molecular weight excluding hydrogens is 342 g/mol. The van der Waals surface area contributed by atoms with Crippen molar-refractivity contribution in [2.45, 2.75) is 25.7 Å². The summed E-state index contributed by atoms with van der Waals surface area (Å²) in [7, 11) is 0. The summed E-state index contributed by atoms with van der Waals surface area (Å²) in [4.78, 5) is 28.0. The van der Waals surface area contributed by atoms with E-state index in [1.165, 1.54) is 6.33 Å². The van der Waals surface area contributed by atoms with Gasteiger partial charge in [-0.15, -0.1) is 0 Å². The van der Waals surface area contributed by atoms with Crippen molar-refractivity contribution >= 4 is 17.3 Å². The number of likely N-dealkylation sites (tertiary alicyclic amines) is 1. The molecule has 8 nitrogen and oxygen atoms in total. The molecule has 1 unspecified atom stereocenters. The Morgan fingerprint density at radius 1 is 1.26 bits per heavy atom. The van der Waals surface area contributed by atoms with Gasteiger partial charge in [0.25, 0.3) is 11.7 Å². The number of pyridine rings is 1. The number of amides is 1. The van der Waals surface area contributed by atoms with Crippen LogP contribution in [0.2, 0.25) is 0 Å². The van der Waals surface area contributed by atoms with Crippen LogP contribution >= 0.6 is 0 Å². The Balaban J connectivity index is 1.45. The molecule has 0 aromatic carbocycles. The van der Waals surface area contributed by atoms with Gasteiger partial charge in [0.05, 0.1) is 5.69 Å². The van der Waals surface area contributed by atoms with Crippen molar-refractivity contribution in [3.63, 3.8) is 0 Å². The lowest BCUT2D eigenvalue weighted by Gasteiger charge is -2.32. The van der Waals surface area contributed by atoms with Crippen molar-refractivity contribution < 1.29 is 4.79 Å². The third kappa shape index (κ3) is 2.73. The zero-order chi connectivity index (χ0) is 18.4. The zero-order valence-electron chi connectivity index (χ0n) is 15.0. The maximum absolute atomic E-state index is 13.0. The lowest BCUT2D eigenvalue weighted by atomic mass is 9.94. The summed E-state index contributed by atoms with van der Waals surface area (Å²) in [5.41, 5.74) is 3.24. The van der Waals surface area contributed by atoms with E-state index in [0.717, 1.165) is 36.4 Å². The SMILES string of the molecule is Cc1cc(C2CCCN(C(=O)c3cn4ccccc4n3)C2)n2ncnc2n1. The molecule has 5 rings (SSSR count). The third-order valence-corrected chi connectivity index (χ3v) is 5.12. The number of fused-ring (bicyclic) bond motifs is 2. The molecule has 0 radical (unpaired) electrons. The van der Waals surface area contributed by atoms with E-state index in [9.17, 15) is 4.79 Å². The summed E-state index contributed by atoms with van der Waals surface area (Å²) in [6.45, 7) is 3.35. The maximum Gasteiger partial charge on any atom is 0.274 e. The van der Waals surface area contributed by atoms with Gasteiger partial charge in [0, 0.05) is 37.1 Å². The number of piperidine rings is 1. The van der Waals surface area contributed by atoms with E-state index in [4.69, 9.17) is 0 Å². The summed E-state index contributed by atoms with van der Waals surface area (Å²) in [6, 6.07) is 7.79. The lowest BCUT2D eigenvalue weighted by molar-refractivity contribution is 0.0700. The van der Waals surface area contributed by atoms with Crippen molar-refractivity contribution in [3.05, 3.63) is 60.1 Å². The Bertz CT molecular complexity index is 1110. The molecule has 0 saturated carbocycles. The van der Waals surface area contributed by atoms with Crippen LogP contribution in [0.4, 0.5) is 0 Å². The first-order valence-electron chi connectivity index (χ1n) is 9.09. The molecule has 5 heterocycles. The van der Waals surface area contributed by atoms with E-state index in [2.05, 4.69) is 20.1 Å². The van der Waals surface area contributed by atoms with Gasteiger partial charge in [0.15, 0.2) is 0 Å². The molecule has 4 aromatic rings. The molecule has 1 amide bonds. The normalized spacial score (nSPS) is 17.7. The van der Waals surface area contributed by atoms with E-state index in [-0.39, 0.29) is 11.8 Å². The highest BCUT2D eigenvalue weighted by Gasteiger charge is 2.28. The molecule has 0 bridgehead atoms. The van der Waals surface area contributed by atoms with Gasteiger partial charge in [-0.25, -0.2) is 14.5 Å². The van der Waals surface area contributed by atoms with E-state index >= 15 is 0 Å². The van der Waals surface area contributed by atoms with Gasteiger partial charge in [-0.2, -0.15) is 10.1 Å². The molecule has 136 valence electrons. The average molecular weight is 361 g/mol. The monoisotopic (exact) mass is 361 g/mol. The van der Waals surface area contributed by atoms with Gasteiger partial charge in [-0.3, -0.25) is 4.79 Å². The molecule has 1 atom stereocenters. The Kier molecular flexibility index (Phi) is 3.63. The standard InChI is InChI=1S/C19H19N7O/c1-13-9-16(26-19(22-13)20-12-21-26)14-5-4-8-25(10-14)18(27)15-11-24-7-3-2-6-17(24)23-15/h2-3,6-7,9,11-12,14H,4-5,8,10H2,1H3. The molecule has 1 aliphatic rings. The third-order valence-electron chi connectivity index (χ3n) is 5.12. The number of nitrogens with zero attached hydrogens (tertiary/aromatic N) is 7. The van der Waals surface area contributed by atoms with Gasteiger partial charge in [0.1, 0.15) is 17.7 Å². The highest BCUT2D eigenvalue weighted by Crippen LogP contribution is 2.28. The highest BCUT2D eigenvalue weighted by molar-refractivity contribution is 5.93. The first-order valence-corrected chi connectivity index (χ1v) is 9.09. The minimum atomic E-state index is -0.0241. The molecule has 0 aliphatic carbocycles. The highest BCUT2D eigenvalue weighted by atomic mass is 16.2. The summed E-state index contributed by atoms with van der Waals surface area (Å²) in [5.74, 6) is 0.781. The van der Waals surface area contributed by atoms with E-state index < -0.39 is 0 Å². The Labute approximate surface area is 155 Å². The molecule has 1 aliphatic heterocycles. The number of rotatable bonds is 2. The topological polar surface area (TPSA) is 80.7 Å². The van der Waals surface area contributed by atoms with Crippen LogP contribution in [0.3, 0.4) is 0 Å². The molecule has 1 saturated heterocycles. The van der Waals surface area contributed by atoms with Crippen molar-refractivity contribution in [1.82, 2.24) is 33.9 Å². The first-order chi connectivity index (χ1) is 13.2. The van der Waals surface area contributed by atoms with Crippen LogP contribution < -0.4 is 0 Å². The van der Waals surface area contributed by atoms with E-state index in [1.807, 2.05) is 46.7 Å². The lowest BCUT2D eigenvalue weighted by Crippen LogP contribution is -2.39. The molecule has 27 heavy (non-hydrogen) atoms. The Morgan fingerprint density at radius 3 is 3.07 bits per heavy atom. The molecule has 8 heteroatoms. The fourth-order valence-electron chi connectivity index (χ4n) is 3.85. The van der Waals surface area contributed by atoms with Gasteiger partial charge in [-0.05, 0) is 38.0 Å². The second kappa shape index (κ2) is 6.15. The Morgan fingerprint density at radius 2 is 2.19 bits per heavy atom. The van der Waals surface area contributed by atoms with E-state index in [0.29, 0.717) is 18.0 Å². The number of carbonyl (C=O) groups is 1. The molecule has 0 spiro atoms. The zero-order valence-corrected chi connectivity index (χ0v) is 15.0. The summed E-state index contributed by atoms with van der Waals surface area (Å²) < 4.78 is 3.66. The van der Waals surface area contributed by atoms with Gasteiger partial charge >= 0.3 is 0 Å². The van der Waals surface area contributed by atoms with Crippen molar-refractivity contribution in [2.75, 3.05) is 13.1 Å². The van der Waals surface area contributed by atoms with Gasteiger partial charge < -0.3 is 9.30 Å². The molecular formula is C19H19N7O. The number of imidazole rings is 1. The largest absolute Gasteiger partial charge is 0.337 e. The quantitative estimate of drug-likeness (QED) is 0.546. The fourth-order valence-corrected chi connectivity index (χ4v) is 3.85. The summed E-state index contributed by atoms with van der Waals surface area (Å²) in [5, 5.41) is 4.32. The van der Waals surface area contributed by atoms with Crippen LogP contribution in [0.15, 0.2) is 43.0 Å². The van der Waals surface area contributed by atoms with Crippen LogP contribution in [0.1, 0.15) is 40.6 Å². The number of hydrogen-bond donors (Lipinski definition) is 0. The number of carbonyl (C=O) groups excluding carboxylic acids is 1. The summed E-state index contributed by atoms with van der Waals surface area (Å²) in [6.07, 6.45) is 7.18.